The number of nitrogens with zero attached hydrogens (tertiary/aromatic N) is 2. The lowest BCUT2D eigenvalue weighted by Gasteiger charge is -2.06. The predicted octanol–water partition coefficient (Wildman–Crippen LogP) is 2.57. The quantitative estimate of drug-likeness (QED) is 0.748. The number of amides is 1. The zero-order valence-electron chi connectivity index (χ0n) is 13.1. The Hall–Kier alpha value is -3.06. The van der Waals surface area contributed by atoms with E-state index in [2.05, 4.69) is 10.4 Å². The van der Waals surface area contributed by atoms with E-state index < -0.39 is 24.1 Å². The molecule has 0 aliphatic carbocycles. The molecule has 128 valence electrons. The zero-order valence-corrected chi connectivity index (χ0v) is 13.1. The van der Waals surface area contributed by atoms with Crippen molar-refractivity contribution in [1.29, 1.82) is 0 Å². The number of para-hydroxylation sites is 1. The van der Waals surface area contributed by atoms with E-state index in [-0.39, 0.29) is 23.4 Å². The number of aliphatic hydroxyl groups is 1. The molecule has 2 aromatic carbocycles. The van der Waals surface area contributed by atoms with Crippen LogP contribution in [-0.2, 0) is 13.2 Å². The van der Waals surface area contributed by atoms with Crippen LogP contribution in [-0.4, -0.2) is 20.8 Å². The molecule has 1 heterocycles. The Bertz CT molecular complexity index is 909. The van der Waals surface area contributed by atoms with Gasteiger partial charge in [0, 0.05) is 18.3 Å². The molecule has 0 saturated carbocycles. The fraction of sp³-hybridized carbons (Fsp3) is 0.111. The van der Waals surface area contributed by atoms with Gasteiger partial charge in [-0.25, -0.2) is 13.5 Å². The van der Waals surface area contributed by atoms with Crippen LogP contribution in [0, 0.1) is 11.6 Å². The van der Waals surface area contributed by atoms with Crippen molar-refractivity contribution in [3.05, 3.63) is 83.2 Å². The molecule has 2 N–H and O–H groups in total. The molecule has 0 fully saturated rings. The fourth-order valence-electron chi connectivity index (χ4n) is 2.35. The number of halogens is 2. The maximum atomic E-state index is 13.7. The molecule has 1 aromatic heterocycles. The standard InChI is InChI=1S/C18H15F2N3O2/c19-15-6-5-12(7-13(15)11-24)8-21-18(25)14-9-22-23(10-14)17-4-2-1-3-16(17)20/h1-7,9-10,24H,8,11H2,(H,21,25). The van der Waals surface area contributed by atoms with Gasteiger partial charge >= 0.3 is 0 Å². The summed E-state index contributed by atoms with van der Waals surface area (Å²) in [6, 6.07) is 10.4. The largest absolute Gasteiger partial charge is 0.392 e. The Morgan fingerprint density at radius 2 is 1.96 bits per heavy atom. The van der Waals surface area contributed by atoms with E-state index in [0.717, 1.165) is 0 Å². The van der Waals surface area contributed by atoms with Crippen LogP contribution in [0.3, 0.4) is 0 Å². The average molecular weight is 343 g/mol. The van der Waals surface area contributed by atoms with E-state index in [1.165, 1.54) is 41.3 Å². The molecular weight excluding hydrogens is 328 g/mol. The number of carbonyl (C=O) groups excluding carboxylic acids is 1. The summed E-state index contributed by atoms with van der Waals surface area (Å²) in [5.74, 6) is -1.33. The van der Waals surface area contributed by atoms with Crippen molar-refractivity contribution in [2.45, 2.75) is 13.2 Å². The molecule has 7 heteroatoms. The van der Waals surface area contributed by atoms with E-state index >= 15 is 0 Å². The number of hydrogen-bond donors (Lipinski definition) is 2. The van der Waals surface area contributed by atoms with Gasteiger partial charge in [-0.2, -0.15) is 5.10 Å². The fourth-order valence-corrected chi connectivity index (χ4v) is 2.35. The van der Waals surface area contributed by atoms with Crippen LogP contribution < -0.4 is 5.32 Å². The Balaban J connectivity index is 1.69. The van der Waals surface area contributed by atoms with Gasteiger partial charge in [-0.05, 0) is 29.8 Å². The van der Waals surface area contributed by atoms with Crippen molar-refractivity contribution >= 4 is 5.91 Å². The zero-order chi connectivity index (χ0) is 17.8. The molecule has 1 amide bonds. The van der Waals surface area contributed by atoms with Gasteiger partial charge in [-0.3, -0.25) is 4.79 Å². The molecule has 0 aliphatic rings. The molecule has 5 nitrogen and oxygen atoms in total. The van der Waals surface area contributed by atoms with Gasteiger partial charge in [0.2, 0.25) is 0 Å². The molecule has 3 aromatic rings. The SMILES string of the molecule is O=C(NCc1ccc(F)c(CO)c1)c1cnn(-c2ccccc2F)c1. The molecule has 3 rings (SSSR count). The second-order valence-electron chi connectivity index (χ2n) is 5.39. The third kappa shape index (κ3) is 3.72. The lowest BCUT2D eigenvalue weighted by molar-refractivity contribution is 0.0951. The summed E-state index contributed by atoms with van der Waals surface area (Å²) in [7, 11) is 0. The number of rotatable bonds is 5. The predicted molar refractivity (Wildman–Crippen MR) is 87.0 cm³/mol. The van der Waals surface area contributed by atoms with Crippen LogP contribution in [0.4, 0.5) is 8.78 Å². The molecule has 0 spiro atoms. The first kappa shape index (κ1) is 16.8. The summed E-state index contributed by atoms with van der Waals surface area (Å²) >= 11 is 0. The lowest BCUT2D eigenvalue weighted by Crippen LogP contribution is -2.22. The lowest BCUT2D eigenvalue weighted by atomic mass is 10.1. The van der Waals surface area contributed by atoms with E-state index in [1.54, 1.807) is 18.2 Å². The smallest absolute Gasteiger partial charge is 0.254 e. The molecule has 0 bridgehead atoms. The Labute approximate surface area is 142 Å². The number of aromatic nitrogens is 2. The number of aliphatic hydroxyl groups excluding tert-OH is 1. The molecule has 0 atom stereocenters. The van der Waals surface area contributed by atoms with Crippen molar-refractivity contribution in [2.75, 3.05) is 0 Å². The van der Waals surface area contributed by atoms with Gasteiger partial charge < -0.3 is 10.4 Å². The minimum absolute atomic E-state index is 0.164. The number of hydrogen-bond acceptors (Lipinski definition) is 3. The van der Waals surface area contributed by atoms with Crippen LogP contribution in [0.2, 0.25) is 0 Å². The van der Waals surface area contributed by atoms with Crippen LogP contribution in [0.1, 0.15) is 21.5 Å². The topological polar surface area (TPSA) is 67.2 Å². The van der Waals surface area contributed by atoms with Crippen LogP contribution in [0.25, 0.3) is 5.69 Å². The van der Waals surface area contributed by atoms with E-state index in [1.807, 2.05) is 0 Å². The third-order valence-corrected chi connectivity index (χ3v) is 3.68. The maximum Gasteiger partial charge on any atom is 0.254 e. The van der Waals surface area contributed by atoms with Crippen molar-refractivity contribution in [3.8, 4) is 5.69 Å². The normalized spacial score (nSPS) is 10.7. The van der Waals surface area contributed by atoms with E-state index in [0.29, 0.717) is 5.56 Å². The van der Waals surface area contributed by atoms with Crippen molar-refractivity contribution in [2.24, 2.45) is 0 Å². The highest BCUT2D eigenvalue weighted by atomic mass is 19.1. The summed E-state index contributed by atoms with van der Waals surface area (Å²) < 4.78 is 28.4. The summed E-state index contributed by atoms with van der Waals surface area (Å²) in [6.07, 6.45) is 2.77. The molecule has 0 aliphatic heterocycles. The van der Waals surface area contributed by atoms with Gasteiger partial charge in [0.15, 0.2) is 0 Å². The second kappa shape index (κ2) is 7.23. The van der Waals surface area contributed by atoms with Crippen LogP contribution in [0.5, 0.6) is 0 Å². The Morgan fingerprint density at radius 3 is 2.72 bits per heavy atom. The number of benzene rings is 2. The van der Waals surface area contributed by atoms with Gasteiger partial charge in [0.25, 0.3) is 5.91 Å². The van der Waals surface area contributed by atoms with Crippen LogP contribution in [0.15, 0.2) is 54.9 Å². The summed E-state index contributed by atoms with van der Waals surface area (Å²) in [5, 5.41) is 15.7. The number of carbonyl (C=O) groups is 1. The first-order chi connectivity index (χ1) is 12.1. The second-order valence-corrected chi connectivity index (χ2v) is 5.39. The third-order valence-electron chi connectivity index (χ3n) is 3.68. The van der Waals surface area contributed by atoms with Gasteiger partial charge in [-0.15, -0.1) is 0 Å². The first-order valence-electron chi connectivity index (χ1n) is 7.54. The highest BCUT2D eigenvalue weighted by Gasteiger charge is 2.11. The molecule has 0 unspecified atom stereocenters. The monoisotopic (exact) mass is 343 g/mol. The highest BCUT2D eigenvalue weighted by Crippen LogP contribution is 2.13. The minimum atomic E-state index is -0.497. The van der Waals surface area contributed by atoms with Gasteiger partial charge in [-0.1, -0.05) is 18.2 Å². The van der Waals surface area contributed by atoms with E-state index in [4.69, 9.17) is 5.11 Å². The van der Waals surface area contributed by atoms with E-state index in [9.17, 15) is 13.6 Å². The molecule has 0 saturated heterocycles. The summed E-state index contributed by atoms with van der Waals surface area (Å²) in [5.41, 5.74) is 1.33. The van der Waals surface area contributed by atoms with Crippen molar-refractivity contribution in [1.82, 2.24) is 15.1 Å². The van der Waals surface area contributed by atoms with Crippen LogP contribution >= 0.6 is 0 Å². The molecule has 25 heavy (non-hydrogen) atoms. The number of nitrogens with one attached hydrogen (secondary N) is 1. The Morgan fingerprint density at radius 1 is 1.16 bits per heavy atom. The van der Waals surface area contributed by atoms with Gasteiger partial charge in [0.1, 0.15) is 17.3 Å². The highest BCUT2D eigenvalue weighted by molar-refractivity contribution is 5.93. The van der Waals surface area contributed by atoms with Crippen molar-refractivity contribution < 1.29 is 18.7 Å². The molecule has 0 radical (unpaired) electrons. The van der Waals surface area contributed by atoms with Crippen molar-refractivity contribution in [3.63, 3.8) is 0 Å². The summed E-state index contributed by atoms with van der Waals surface area (Å²) in [4.78, 5) is 12.2. The maximum absolute atomic E-state index is 13.7. The Kier molecular flexibility index (Phi) is 4.85. The average Bonchev–Trinajstić information content (AvgIpc) is 3.11. The first-order valence-corrected chi connectivity index (χ1v) is 7.54. The minimum Gasteiger partial charge on any atom is -0.392 e. The summed E-state index contributed by atoms with van der Waals surface area (Å²) in [6.45, 7) is -0.250. The molecular formula is C18H15F2N3O2. The van der Waals surface area contributed by atoms with Gasteiger partial charge in [0.05, 0.1) is 18.4 Å².